The lowest BCUT2D eigenvalue weighted by Gasteiger charge is -2.32. The van der Waals surface area contributed by atoms with Gasteiger partial charge in [0.25, 0.3) is 0 Å². The fraction of sp³-hybridized carbons (Fsp3) is 0.106. The molecule has 4 unspecified atom stereocenters. The van der Waals surface area contributed by atoms with E-state index in [1.54, 1.807) is 5.19 Å². The molecule has 2 aromatic heterocycles. The third kappa shape index (κ3) is 4.46. The highest BCUT2D eigenvalue weighted by Crippen LogP contribution is 2.50. The van der Waals surface area contributed by atoms with E-state index in [1.165, 1.54) is 70.3 Å². The number of nitrogens with zero attached hydrogens (tertiary/aromatic N) is 1. The molecule has 2 nitrogen and oxygen atoms in total. The number of furan rings is 1. The van der Waals surface area contributed by atoms with E-state index >= 15 is 0 Å². The Hall–Kier alpha value is -5.42. The molecule has 0 saturated heterocycles. The minimum absolute atomic E-state index is 0.324. The van der Waals surface area contributed by atoms with Crippen LogP contribution in [0.4, 0.5) is 11.4 Å². The third-order valence-electron chi connectivity index (χ3n) is 11.7. The Balaban J connectivity index is 1.08. The fourth-order valence-corrected chi connectivity index (χ4v) is 13.4. The first-order valence-electron chi connectivity index (χ1n) is 18.1. The van der Waals surface area contributed by atoms with Crippen LogP contribution in [0.5, 0.6) is 0 Å². The van der Waals surface area contributed by atoms with Gasteiger partial charge < -0.3 is 9.32 Å². The number of hydrogen-bond donors (Lipinski definition) is 0. The number of thiophene rings is 1. The maximum atomic E-state index is 6.63. The van der Waals surface area contributed by atoms with Crippen LogP contribution in [0.2, 0.25) is 12.1 Å². The molecule has 7 aromatic rings. The number of allylic oxidation sites excluding steroid dienone is 11. The third-order valence-corrected chi connectivity index (χ3v) is 16.1. The zero-order valence-electron chi connectivity index (χ0n) is 28.3. The normalized spacial score (nSPS) is 21.9. The van der Waals surface area contributed by atoms with Crippen molar-refractivity contribution in [1.82, 2.24) is 0 Å². The first-order chi connectivity index (χ1) is 25.2. The van der Waals surface area contributed by atoms with Crippen molar-refractivity contribution in [3.8, 4) is 0 Å². The molecular formula is C47H35NOSSi. The summed E-state index contributed by atoms with van der Waals surface area (Å²) in [5, 5.41) is 6.63. The molecule has 1 aliphatic heterocycles. The molecule has 4 heteroatoms. The predicted octanol–water partition coefficient (Wildman–Crippen LogP) is 12.2. The van der Waals surface area contributed by atoms with Gasteiger partial charge in [0.15, 0.2) is 0 Å². The lowest BCUT2D eigenvalue weighted by Crippen LogP contribution is -2.27. The van der Waals surface area contributed by atoms with Crippen molar-refractivity contribution in [3.05, 3.63) is 180 Å². The molecule has 4 atom stereocenters. The summed E-state index contributed by atoms with van der Waals surface area (Å²) in [6.45, 7) is 2.54. The van der Waals surface area contributed by atoms with E-state index in [4.69, 9.17) is 4.42 Å². The van der Waals surface area contributed by atoms with Gasteiger partial charge in [-0.3, -0.25) is 0 Å². The number of anilines is 2. The summed E-state index contributed by atoms with van der Waals surface area (Å²) < 4.78 is 9.28. The van der Waals surface area contributed by atoms with E-state index in [1.807, 2.05) is 11.3 Å². The standard InChI is InChI=1S/C47H35NOSSi/c1-51-43-25-24-36-35-14-4-6-17-40(35)49-47(36)46(43)38-23-22-34(28-44(38)51)48(39-16-9-19-42-45(39)37-15-5-7-18-41(37)50-42)33-13-8-12-31(27-33)32-21-20-29-10-2-3-11-30(29)26-32/h2-19,21-29,38,44,51H,20H2,1H3. The molecule has 3 heterocycles. The molecule has 0 spiro atoms. The first-order valence-corrected chi connectivity index (χ1v) is 21.3. The summed E-state index contributed by atoms with van der Waals surface area (Å²) >= 11 is 1.89. The van der Waals surface area contributed by atoms with Gasteiger partial charge in [-0.05, 0) is 71.1 Å². The molecule has 0 N–H and O–H groups in total. The van der Waals surface area contributed by atoms with Crippen LogP contribution in [0.25, 0.3) is 47.7 Å². The average Bonchev–Trinajstić information content (AvgIpc) is 3.85. The van der Waals surface area contributed by atoms with Gasteiger partial charge in [0.05, 0.1) is 14.5 Å². The van der Waals surface area contributed by atoms with Gasteiger partial charge in [-0.2, -0.15) is 0 Å². The minimum atomic E-state index is -1.37. The highest BCUT2D eigenvalue weighted by atomic mass is 32.1. The Morgan fingerprint density at radius 3 is 2.61 bits per heavy atom. The second-order valence-electron chi connectivity index (χ2n) is 14.4. The molecule has 11 rings (SSSR count). The molecule has 5 aromatic carbocycles. The van der Waals surface area contributed by atoms with Crippen molar-refractivity contribution in [2.45, 2.75) is 24.4 Å². The van der Waals surface area contributed by atoms with Crippen molar-refractivity contribution in [1.29, 1.82) is 0 Å². The zero-order valence-corrected chi connectivity index (χ0v) is 30.3. The van der Waals surface area contributed by atoms with Crippen LogP contribution in [-0.4, -0.2) is 8.80 Å². The molecule has 51 heavy (non-hydrogen) atoms. The summed E-state index contributed by atoms with van der Waals surface area (Å²) in [5.74, 6) is 0.807. The van der Waals surface area contributed by atoms with E-state index in [0.29, 0.717) is 17.4 Å². The van der Waals surface area contributed by atoms with Gasteiger partial charge in [-0.1, -0.05) is 127 Å². The lowest BCUT2D eigenvalue weighted by molar-refractivity contribution is 0.659. The number of benzene rings is 5. The molecule has 3 aliphatic carbocycles. The van der Waals surface area contributed by atoms with E-state index in [2.05, 4.69) is 169 Å². The summed E-state index contributed by atoms with van der Waals surface area (Å²) in [6.07, 6.45) is 22.3. The lowest BCUT2D eigenvalue weighted by atomic mass is 9.84. The number of para-hydroxylation sites is 1. The van der Waals surface area contributed by atoms with Crippen molar-refractivity contribution in [2.75, 3.05) is 4.90 Å². The first kappa shape index (κ1) is 29.3. The van der Waals surface area contributed by atoms with Gasteiger partial charge in [-0.15, -0.1) is 11.3 Å². The monoisotopic (exact) mass is 689 g/mol. The molecular weight excluding hydrogens is 655 g/mol. The Morgan fingerprint density at radius 2 is 1.65 bits per heavy atom. The molecule has 0 bridgehead atoms. The van der Waals surface area contributed by atoms with Crippen LogP contribution in [0, 0.1) is 5.92 Å². The van der Waals surface area contributed by atoms with Gasteiger partial charge in [0.2, 0.25) is 0 Å². The summed E-state index contributed by atoms with van der Waals surface area (Å²) in [5.41, 5.74) is 11.6. The van der Waals surface area contributed by atoms with Crippen molar-refractivity contribution < 1.29 is 4.42 Å². The fourth-order valence-electron chi connectivity index (χ4n) is 9.21. The van der Waals surface area contributed by atoms with Crippen LogP contribution >= 0.6 is 11.3 Å². The molecule has 244 valence electrons. The van der Waals surface area contributed by atoms with Crippen LogP contribution in [0.3, 0.4) is 0 Å². The van der Waals surface area contributed by atoms with Crippen molar-refractivity contribution in [2.24, 2.45) is 5.92 Å². The smallest absolute Gasteiger partial charge is 0.139 e. The summed E-state index contributed by atoms with van der Waals surface area (Å²) in [4.78, 5) is 2.54. The molecule has 0 radical (unpaired) electrons. The largest absolute Gasteiger partial charge is 0.456 e. The van der Waals surface area contributed by atoms with Crippen LogP contribution in [-0.2, 0) is 0 Å². The average molecular weight is 690 g/mol. The van der Waals surface area contributed by atoms with E-state index in [-0.39, 0.29) is 0 Å². The molecule has 0 saturated carbocycles. The summed E-state index contributed by atoms with van der Waals surface area (Å²) in [6, 6.07) is 38.1. The van der Waals surface area contributed by atoms with E-state index < -0.39 is 8.80 Å². The van der Waals surface area contributed by atoms with Gasteiger partial charge >= 0.3 is 0 Å². The maximum Gasteiger partial charge on any atom is 0.139 e. The number of hydrogen-bond acceptors (Lipinski definition) is 3. The van der Waals surface area contributed by atoms with Crippen LogP contribution in [0.1, 0.15) is 23.5 Å². The number of rotatable bonds is 4. The second-order valence-corrected chi connectivity index (χ2v) is 18.5. The Labute approximate surface area is 302 Å². The SMILES string of the molecule is C[SiH]1c2ccc3c(oc4ccccc43)c2C2C=CC(N(c3cccc(C4=CCC5C=CC=CC5=C4)c3)c3cccc4sc5ccccc5c34)=CC21. The van der Waals surface area contributed by atoms with Gasteiger partial charge in [0.1, 0.15) is 11.2 Å². The zero-order chi connectivity index (χ0) is 33.6. The van der Waals surface area contributed by atoms with Crippen molar-refractivity contribution in [3.63, 3.8) is 0 Å². The van der Waals surface area contributed by atoms with E-state index in [9.17, 15) is 0 Å². The van der Waals surface area contributed by atoms with Gasteiger partial charge in [-0.25, -0.2) is 0 Å². The van der Waals surface area contributed by atoms with Crippen molar-refractivity contribution >= 4 is 84.4 Å². The van der Waals surface area contributed by atoms with Crippen LogP contribution < -0.4 is 10.1 Å². The van der Waals surface area contributed by atoms with E-state index in [0.717, 1.165) is 17.6 Å². The second kappa shape index (κ2) is 11.3. The quantitative estimate of drug-likeness (QED) is 0.171. The predicted molar refractivity (Wildman–Crippen MR) is 220 cm³/mol. The van der Waals surface area contributed by atoms with Crippen LogP contribution in [0.15, 0.2) is 173 Å². The Kier molecular flexibility index (Phi) is 6.49. The Bertz CT molecular complexity index is 2790. The molecule has 0 amide bonds. The highest BCUT2D eigenvalue weighted by Gasteiger charge is 2.41. The molecule has 4 aliphatic rings. The Morgan fingerprint density at radius 1 is 0.784 bits per heavy atom. The molecule has 0 fully saturated rings. The number of fused-ring (bicyclic) bond motifs is 11. The summed E-state index contributed by atoms with van der Waals surface area (Å²) in [7, 11) is -1.37. The minimum Gasteiger partial charge on any atom is -0.456 e. The maximum absolute atomic E-state index is 6.63. The highest BCUT2D eigenvalue weighted by molar-refractivity contribution is 7.26. The topological polar surface area (TPSA) is 16.4 Å². The van der Waals surface area contributed by atoms with Gasteiger partial charge in [0, 0.05) is 59.7 Å².